The van der Waals surface area contributed by atoms with Gasteiger partial charge in [0.05, 0.1) is 30.5 Å². The summed E-state index contributed by atoms with van der Waals surface area (Å²) >= 11 is 0. The first-order valence-corrected chi connectivity index (χ1v) is 14.4. The number of rotatable bonds is 3. The minimum atomic E-state index is -1.17. The van der Waals surface area contributed by atoms with E-state index in [0.29, 0.717) is 37.5 Å². The maximum Gasteiger partial charge on any atom is 0.155 e. The molecule has 5 N–H and O–H groups in total. The number of carbonyl (C=O) groups is 1. The number of hydrogen-bond donors (Lipinski definition) is 5. The number of hydrogen-bond acceptors (Lipinski definition) is 7. The van der Waals surface area contributed by atoms with Crippen LogP contribution in [0.15, 0.2) is 0 Å². The highest BCUT2D eigenvalue weighted by Crippen LogP contribution is 2.67. The molecule has 7 heteroatoms. The number of ether oxygens (including phenoxy) is 1. The molecule has 0 aromatic carbocycles. The number of ketones is 1. The van der Waals surface area contributed by atoms with Crippen LogP contribution in [0, 0.1) is 58.2 Å². The summed E-state index contributed by atoms with van der Waals surface area (Å²) in [5.74, 6) is -0.0824. The fourth-order valence-electron chi connectivity index (χ4n) is 10.1. The molecule has 1 aliphatic heterocycles. The van der Waals surface area contributed by atoms with Crippen LogP contribution in [0.2, 0.25) is 0 Å². The molecule has 15 atom stereocenters. The van der Waals surface area contributed by atoms with Crippen molar-refractivity contribution >= 4 is 5.78 Å². The van der Waals surface area contributed by atoms with E-state index >= 15 is 0 Å². The van der Waals surface area contributed by atoms with E-state index in [1.165, 1.54) is 0 Å². The van der Waals surface area contributed by atoms with Gasteiger partial charge < -0.3 is 30.3 Å². The van der Waals surface area contributed by atoms with Gasteiger partial charge in [0.2, 0.25) is 0 Å². The number of Topliss-reactive ketones (excluding diaryl/α,β-unsaturated/α-hetero) is 1. The van der Waals surface area contributed by atoms with Gasteiger partial charge in [-0.05, 0) is 72.5 Å². The normalized spacial score (nSPS) is 56.1. The van der Waals surface area contributed by atoms with Crippen LogP contribution in [0.3, 0.4) is 0 Å². The van der Waals surface area contributed by atoms with E-state index in [0.717, 1.165) is 19.3 Å². The average Bonchev–Trinajstić information content (AvgIpc) is 3.09. The lowest BCUT2D eigenvalue weighted by Gasteiger charge is -2.64. The van der Waals surface area contributed by atoms with Crippen molar-refractivity contribution in [2.75, 3.05) is 0 Å². The van der Waals surface area contributed by atoms with Crippen molar-refractivity contribution in [3.63, 3.8) is 0 Å². The molecule has 1 saturated heterocycles. The highest BCUT2D eigenvalue weighted by molar-refractivity contribution is 5.85. The first kappa shape index (κ1) is 27.0. The van der Waals surface area contributed by atoms with Gasteiger partial charge in [0.25, 0.3) is 0 Å². The Morgan fingerprint density at radius 2 is 1.56 bits per heavy atom. The summed E-state index contributed by atoms with van der Waals surface area (Å²) in [4.78, 5) is 13.8. The second kappa shape index (κ2) is 9.27. The van der Waals surface area contributed by atoms with Gasteiger partial charge in [-0.15, -0.1) is 0 Å². The number of aliphatic hydroxyl groups excluding tert-OH is 5. The van der Waals surface area contributed by atoms with Crippen LogP contribution in [-0.2, 0) is 9.53 Å². The van der Waals surface area contributed by atoms with Crippen molar-refractivity contribution in [3.05, 3.63) is 0 Å². The highest BCUT2D eigenvalue weighted by atomic mass is 16.6. The monoisotopic (exact) mass is 508 g/mol. The molecule has 4 aliphatic carbocycles. The molecular weight excluding hydrogens is 460 g/mol. The minimum absolute atomic E-state index is 0.0113. The first-order chi connectivity index (χ1) is 16.8. The molecule has 0 amide bonds. The molecule has 0 radical (unpaired) electrons. The van der Waals surface area contributed by atoms with Crippen LogP contribution in [0.4, 0.5) is 0 Å². The van der Waals surface area contributed by atoms with Gasteiger partial charge in [-0.25, -0.2) is 0 Å². The maximum absolute atomic E-state index is 13.8. The van der Waals surface area contributed by atoms with Gasteiger partial charge >= 0.3 is 0 Å². The molecular formula is C29H48O7. The molecule has 4 unspecified atom stereocenters. The van der Waals surface area contributed by atoms with Crippen molar-refractivity contribution in [2.45, 2.75) is 116 Å². The third-order valence-electron chi connectivity index (χ3n) is 12.2. The quantitative estimate of drug-likeness (QED) is 0.396. The Balaban J connectivity index is 1.44. The lowest BCUT2D eigenvalue weighted by Crippen LogP contribution is -2.68. The topological polar surface area (TPSA) is 127 Å². The summed E-state index contributed by atoms with van der Waals surface area (Å²) < 4.78 is 6.06. The highest BCUT2D eigenvalue weighted by Gasteiger charge is 2.69. The van der Waals surface area contributed by atoms with Gasteiger partial charge in [0.15, 0.2) is 6.29 Å². The van der Waals surface area contributed by atoms with Crippen LogP contribution in [0.5, 0.6) is 0 Å². The molecule has 4 saturated carbocycles. The van der Waals surface area contributed by atoms with E-state index in [4.69, 9.17) is 4.74 Å². The van der Waals surface area contributed by atoms with E-state index in [1.807, 2.05) is 0 Å². The molecule has 5 fully saturated rings. The Kier molecular flexibility index (Phi) is 6.96. The average molecular weight is 509 g/mol. The van der Waals surface area contributed by atoms with Crippen molar-refractivity contribution < 1.29 is 35.1 Å². The van der Waals surface area contributed by atoms with Crippen molar-refractivity contribution in [2.24, 2.45) is 58.2 Å². The fraction of sp³-hybridized carbons (Fsp3) is 0.966. The summed E-state index contributed by atoms with van der Waals surface area (Å²) in [7, 11) is 0. The molecule has 36 heavy (non-hydrogen) atoms. The second-order valence-electron chi connectivity index (χ2n) is 14.1. The van der Waals surface area contributed by atoms with E-state index in [-0.39, 0.29) is 46.9 Å². The largest absolute Gasteiger partial charge is 0.390 e. The van der Waals surface area contributed by atoms with Crippen molar-refractivity contribution in [1.82, 2.24) is 0 Å². The third-order valence-corrected chi connectivity index (χ3v) is 12.2. The standard InChI is InChI=1S/C29H48O7/c1-13(2)15-10-20(36-21(32)11-15)14(3)17-12-19(31)23-22-16(6-8-29(17,23)5)28(4)9-7-18(30)25(33)24(28)27(35)26(22)34/h13-18,20-27,30,32-35H,6-12H2,1-5H3/t14-,15+,16?,17+,18+,20+,21?,22?,23+,24?,25-,26+,27+,28+,29+/m0/s1. The Hall–Kier alpha value is -0.570. The molecule has 5 rings (SSSR count). The molecule has 5 aliphatic rings. The summed E-state index contributed by atoms with van der Waals surface area (Å²) in [5, 5.41) is 54.3. The molecule has 0 aromatic rings. The SMILES string of the molecule is CC(C)[C@H]1CC(O)O[C@@H]([C@@H](C)[C@H]2CC(=O)[C@@H]3C4C(CC[C@@]32C)[C@@]2(C)CC[C@@H](O)[C@H](O)C2[C@@H](O)[C@@H]4O)C1. The van der Waals surface area contributed by atoms with Crippen molar-refractivity contribution in [3.8, 4) is 0 Å². The smallest absolute Gasteiger partial charge is 0.155 e. The fourth-order valence-corrected chi connectivity index (χ4v) is 10.1. The van der Waals surface area contributed by atoms with Crippen LogP contribution in [0.25, 0.3) is 0 Å². The van der Waals surface area contributed by atoms with Gasteiger partial charge in [-0.3, -0.25) is 4.79 Å². The van der Waals surface area contributed by atoms with Crippen LogP contribution in [-0.4, -0.2) is 68.1 Å². The molecule has 0 aromatic heterocycles. The zero-order valence-electron chi connectivity index (χ0n) is 22.6. The van der Waals surface area contributed by atoms with Crippen molar-refractivity contribution in [1.29, 1.82) is 0 Å². The van der Waals surface area contributed by atoms with Gasteiger partial charge in [0, 0.05) is 30.6 Å². The maximum atomic E-state index is 13.8. The minimum Gasteiger partial charge on any atom is -0.390 e. The van der Waals surface area contributed by atoms with E-state index in [1.54, 1.807) is 0 Å². The van der Waals surface area contributed by atoms with E-state index in [2.05, 4.69) is 34.6 Å². The third kappa shape index (κ3) is 3.86. The number of carbonyl (C=O) groups excluding carboxylic acids is 1. The molecule has 0 bridgehead atoms. The zero-order valence-corrected chi connectivity index (χ0v) is 22.6. The van der Waals surface area contributed by atoms with Crippen LogP contribution < -0.4 is 0 Å². The van der Waals surface area contributed by atoms with Crippen LogP contribution >= 0.6 is 0 Å². The lowest BCUT2D eigenvalue weighted by atomic mass is 9.42. The number of fused-ring (bicyclic) bond motifs is 5. The molecule has 0 spiro atoms. The Bertz CT molecular complexity index is 847. The summed E-state index contributed by atoms with van der Waals surface area (Å²) in [6.07, 6.45) is -0.315. The molecule has 7 nitrogen and oxygen atoms in total. The van der Waals surface area contributed by atoms with Crippen LogP contribution in [0.1, 0.15) is 79.6 Å². The Morgan fingerprint density at radius 1 is 0.889 bits per heavy atom. The van der Waals surface area contributed by atoms with E-state index < -0.39 is 42.0 Å². The summed E-state index contributed by atoms with van der Waals surface area (Å²) in [6.45, 7) is 10.8. The van der Waals surface area contributed by atoms with Gasteiger partial charge in [-0.2, -0.15) is 0 Å². The number of aliphatic hydroxyl groups is 5. The summed E-state index contributed by atoms with van der Waals surface area (Å²) in [6, 6.07) is 0. The predicted molar refractivity (Wildman–Crippen MR) is 133 cm³/mol. The zero-order chi connectivity index (χ0) is 26.3. The molecule has 1 heterocycles. The predicted octanol–water partition coefficient (Wildman–Crippen LogP) is 2.50. The first-order valence-electron chi connectivity index (χ1n) is 14.4. The second-order valence-corrected chi connectivity index (χ2v) is 14.1. The van der Waals surface area contributed by atoms with Gasteiger partial charge in [-0.1, -0.05) is 34.6 Å². The Morgan fingerprint density at radius 3 is 2.22 bits per heavy atom. The van der Waals surface area contributed by atoms with Gasteiger partial charge in [0.1, 0.15) is 5.78 Å². The Labute approximate surface area is 215 Å². The summed E-state index contributed by atoms with van der Waals surface area (Å²) in [5.41, 5.74) is -0.748. The molecule has 206 valence electrons. The van der Waals surface area contributed by atoms with E-state index in [9.17, 15) is 30.3 Å². The lowest BCUT2D eigenvalue weighted by molar-refractivity contribution is -0.251.